The van der Waals surface area contributed by atoms with Crippen LogP contribution in [0.25, 0.3) is 11.3 Å². The van der Waals surface area contributed by atoms with Crippen molar-refractivity contribution in [2.24, 2.45) is 7.05 Å². The standard InChI is InChI=1S/C22H32N/c1-15-12-16(2)19(22(6,7)8)14-18(15)20-13-17(21(3,4)5)10-11-23(20)9/h10-14H,1-9H3/q+1/i2D3. The van der Waals surface area contributed by atoms with Gasteiger partial charge < -0.3 is 0 Å². The molecule has 124 valence electrons. The molecule has 0 atom stereocenters. The molecular formula is C22H32N+. The number of aryl methyl sites for hydroxylation is 3. The summed E-state index contributed by atoms with van der Waals surface area (Å²) in [5.74, 6) is 0. The molecule has 1 heterocycles. The van der Waals surface area contributed by atoms with E-state index in [0.29, 0.717) is 5.56 Å². The van der Waals surface area contributed by atoms with Gasteiger partial charge in [0.1, 0.15) is 7.05 Å². The van der Waals surface area contributed by atoms with Gasteiger partial charge in [0.25, 0.3) is 0 Å². The number of benzene rings is 1. The van der Waals surface area contributed by atoms with Gasteiger partial charge in [-0.3, -0.25) is 0 Å². The molecule has 0 aliphatic carbocycles. The molecule has 1 nitrogen and oxygen atoms in total. The number of rotatable bonds is 1. The summed E-state index contributed by atoms with van der Waals surface area (Å²) in [6.45, 7) is 12.7. The first-order chi connectivity index (χ1) is 11.6. The Balaban J connectivity index is 2.80. The maximum absolute atomic E-state index is 7.95. The number of aromatic nitrogens is 1. The molecule has 1 aromatic carbocycles. The fourth-order valence-electron chi connectivity index (χ4n) is 2.91. The summed E-state index contributed by atoms with van der Waals surface area (Å²) in [4.78, 5) is 0. The molecule has 0 fully saturated rings. The molecule has 0 spiro atoms. The van der Waals surface area contributed by atoms with E-state index in [9.17, 15) is 0 Å². The second-order valence-electron chi connectivity index (χ2n) is 8.62. The van der Waals surface area contributed by atoms with Crippen LogP contribution < -0.4 is 4.57 Å². The monoisotopic (exact) mass is 313 g/mol. The van der Waals surface area contributed by atoms with E-state index >= 15 is 0 Å². The predicted octanol–water partition coefficient (Wildman–Crippen LogP) is 5.39. The topological polar surface area (TPSA) is 3.88 Å². The van der Waals surface area contributed by atoms with Gasteiger partial charge in [-0.1, -0.05) is 47.6 Å². The molecule has 0 saturated carbocycles. The number of hydrogen-bond acceptors (Lipinski definition) is 0. The van der Waals surface area contributed by atoms with Gasteiger partial charge in [-0.05, 0) is 52.9 Å². The second kappa shape index (κ2) is 5.78. The Hall–Kier alpha value is -1.63. The predicted molar refractivity (Wildman–Crippen MR) is 99.9 cm³/mol. The van der Waals surface area contributed by atoms with Crippen LogP contribution in [-0.4, -0.2) is 0 Å². The third kappa shape index (κ3) is 3.65. The molecule has 2 aromatic rings. The lowest BCUT2D eigenvalue weighted by Crippen LogP contribution is -2.32. The van der Waals surface area contributed by atoms with Crippen molar-refractivity contribution in [1.29, 1.82) is 0 Å². The molecule has 0 N–H and O–H groups in total. The number of hydrogen-bond donors (Lipinski definition) is 0. The third-order valence-electron chi connectivity index (χ3n) is 4.46. The summed E-state index contributed by atoms with van der Waals surface area (Å²) in [6.07, 6.45) is 2.09. The fraction of sp³-hybridized carbons (Fsp3) is 0.500. The van der Waals surface area contributed by atoms with Gasteiger partial charge in [0.2, 0.25) is 5.69 Å². The van der Waals surface area contributed by atoms with E-state index in [-0.39, 0.29) is 10.8 Å². The van der Waals surface area contributed by atoms with Crippen molar-refractivity contribution in [3.05, 3.63) is 52.7 Å². The Morgan fingerprint density at radius 2 is 1.57 bits per heavy atom. The Morgan fingerprint density at radius 3 is 2.09 bits per heavy atom. The van der Waals surface area contributed by atoms with Crippen molar-refractivity contribution < 1.29 is 8.68 Å². The van der Waals surface area contributed by atoms with Gasteiger partial charge in [-0.15, -0.1) is 0 Å². The quantitative estimate of drug-likeness (QED) is 0.621. The first-order valence-corrected chi connectivity index (χ1v) is 8.28. The molecule has 23 heavy (non-hydrogen) atoms. The lowest BCUT2D eigenvalue weighted by molar-refractivity contribution is -0.660. The summed E-state index contributed by atoms with van der Waals surface area (Å²) in [5, 5.41) is 0. The Bertz CT molecular complexity index is 819. The SMILES string of the molecule is [2H]C([2H])([2H])c1cc(C)c(-c2cc(C(C)(C)C)cc[n+]2C)cc1C(C)(C)C. The van der Waals surface area contributed by atoms with E-state index in [1.165, 1.54) is 5.56 Å². The molecule has 1 aromatic heterocycles. The minimum absolute atomic E-state index is 0.0579. The molecule has 0 saturated heterocycles. The van der Waals surface area contributed by atoms with Crippen LogP contribution in [0.15, 0.2) is 30.5 Å². The molecule has 0 aliphatic heterocycles. The van der Waals surface area contributed by atoms with E-state index in [1.54, 1.807) is 0 Å². The number of pyridine rings is 1. The van der Waals surface area contributed by atoms with E-state index in [4.69, 9.17) is 4.11 Å². The first kappa shape index (κ1) is 13.8. The number of nitrogens with zero attached hydrogens (tertiary/aromatic N) is 1. The van der Waals surface area contributed by atoms with E-state index in [2.05, 4.69) is 70.5 Å². The molecule has 0 bridgehead atoms. The molecule has 0 unspecified atom stereocenters. The van der Waals surface area contributed by atoms with Gasteiger partial charge in [0.05, 0.1) is 0 Å². The van der Waals surface area contributed by atoms with Gasteiger partial charge >= 0.3 is 0 Å². The van der Waals surface area contributed by atoms with Crippen LogP contribution in [0.1, 0.15) is 67.9 Å². The van der Waals surface area contributed by atoms with Crippen molar-refractivity contribution in [3.63, 3.8) is 0 Å². The van der Waals surface area contributed by atoms with Crippen LogP contribution in [0.5, 0.6) is 0 Å². The molecule has 0 amide bonds. The summed E-state index contributed by atoms with van der Waals surface area (Å²) >= 11 is 0. The highest BCUT2D eigenvalue weighted by atomic mass is 14.9. The van der Waals surface area contributed by atoms with Crippen LogP contribution in [-0.2, 0) is 17.9 Å². The normalized spacial score (nSPS) is 15.0. The smallest absolute Gasteiger partial charge is 0.201 e. The van der Waals surface area contributed by atoms with Crippen molar-refractivity contribution in [1.82, 2.24) is 0 Å². The van der Waals surface area contributed by atoms with E-state index in [0.717, 1.165) is 22.4 Å². The van der Waals surface area contributed by atoms with Gasteiger partial charge in [0.15, 0.2) is 6.20 Å². The second-order valence-corrected chi connectivity index (χ2v) is 8.62. The van der Waals surface area contributed by atoms with E-state index in [1.807, 2.05) is 20.0 Å². The summed E-state index contributed by atoms with van der Waals surface area (Å²) < 4.78 is 26.0. The van der Waals surface area contributed by atoms with Crippen LogP contribution >= 0.6 is 0 Å². The van der Waals surface area contributed by atoms with Crippen molar-refractivity contribution >= 4 is 0 Å². The first-order valence-electron chi connectivity index (χ1n) is 9.78. The van der Waals surface area contributed by atoms with Gasteiger partial charge in [-0.25, -0.2) is 4.57 Å². The molecular weight excluding hydrogens is 278 g/mol. The zero-order valence-electron chi connectivity index (χ0n) is 18.8. The Labute approximate surface area is 146 Å². The van der Waals surface area contributed by atoms with Crippen molar-refractivity contribution in [2.75, 3.05) is 0 Å². The molecule has 1 heteroatoms. The maximum atomic E-state index is 7.95. The van der Waals surface area contributed by atoms with Gasteiger partial charge in [-0.2, -0.15) is 0 Å². The van der Waals surface area contributed by atoms with Crippen LogP contribution in [0.2, 0.25) is 0 Å². The lowest BCUT2D eigenvalue weighted by Gasteiger charge is -2.24. The minimum atomic E-state index is -2.11. The zero-order chi connectivity index (χ0) is 20.1. The van der Waals surface area contributed by atoms with Crippen molar-refractivity contribution in [3.8, 4) is 11.3 Å². The zero-order valence-corrected chi connectivity index (χ0v) is 15.8. The lowest BCUT2D eigenvalue weighted by atomic mass is 9.81. The largest absolute Gasteiger partial charge is 0.212 e. The fourth-order valence-corrected chi connectivity index (χ4v) is 2.91. The maximum Gasteiger partial charge on any atom is 0.212 e. The third-order valence-corrected chi connectivity index (χ3v) is 4.46. The molecule has 2 rings (SSSR count). The summed E-state index contributed by atoms with van der Waals surface area (Å²) in [6, 6.07) is 8.32. The minimum Gasteiger partial charge on any atom is -0.201 e. The van der Waals surface area contributed by atoms with E-state index < -0.39 is 6.85 Å². The highest BCUT2D eigenvalue weighted by Crippen LogP contribution is 2.33. The molecule has 0 radical (unpaired) electrons. The highest BCUT2D eigenvalue weighted by molar-refractivity contribution is 5.64. The van der Waals surface area contributed by atoms with Crippen LogP contribution in [0.3, 0.4) is 0 Å². The highest BCUT2D eigenvalue weighted by Gasteiger charge is 2.23. The van der Waals surface area contributed by atoms with Gasteiger partial charge in [0, 0.05) is 21.8 Å². The summed E-state index contributed by atoms with van der Waals surface area (Å²) in [5.41, 5.74) is 5.62. The average Bonchev–Trinajstić information content (AvgIpc) is 2.44. The molecule has 0 aliphatic rings. The van der Waals surface area contributed by atoms with Crippen molar-refractivity contribution in [2.45, 2.75) is 66.1 Å². The Morgan fingerprint density at radius 1 is 0.913 bits per heavy atom. The van der Waals surface area contributed by atoms with Crippen LogP contribution in [0, 0.1) is 13.8 Å². The average molecular weight is 314 g/mol. The van der Waals surface area contributed by atoms with Crippen LogP contribution in [0.4, 0.5) is 0 Å². The summed E-state index contributed by atoms with van der Waals surface area (Å²) in [7, 11) is 2.04. The Kier molecular flexibility index (Phi) is 3.46.